The van der Waals surface area contributed by atoms with Gasteiger partial charge in [0.25, 0.3) is 20.0 Å². The Hall–Kier alpha value is -3.40. The van der Waals surface area contributed by atoms with Gasteiger partial charge in [0.15, 0.2) is 0 Å². The van der Waals surface area contributed by atoms with Crippen molar-refractivity contribution < 1.29 is 21.9 Å². The molecule has 0 aliphatic heterocycles. The third-order valence-electron chi connectivity index (χ3n) is 6.19. The van der Waals surface area contributed by atoms with E-state index in [-0.39, 0.29) is 16.2 Å². The van der Waals surface area contributed by atoms with E-state index in [0.29, 0.717) is 22.3 Å². The Morgan fingerprint density at radius 3 is 1.69 bits per heavy atom. The zero-order valence-corrected chi connectivity index (χ0v) is 20.8. The molecule has 0 amide bonds. The summed E-state index contributed by atoms with van der Waals surface area (Å²) in [5.41, 5.74) is 4.20. The van der Waals surface area contributed by atoms with E-state index in [4.69, 9.17) is 0 Å². The highest BCUT2D eigenvalue weighted by molar-refractivity contribution is 7.90. The number of hydrogen-bond donors (Lipinski definition) is 1. The number of aliphatic hydroxyl groups is 1. The number of aromatic nitrogens is 2. The maximum atomic E-state index is 13.1. The Labute approximate surface area is 204 Å². The van der Waals surface area contributed by atoms with Crippen LogP contribution in [0.2, 0.25) is 0 Å². The molecule has 1 N–H and O–H groups in total. The van der Waals surface area contributed by atoms with Crippen LogP contribution in [0.4, 0.5) is 0 Å². The van der Waals surface area contributed by atoms with Crippen LogP contribution in [-0.2, 0) is 26.5 Å². The number of aliphatic hydroxyl groups excluding tert-OH is 1. The molecule has 1 aliphatic carbocycles. The van der Waals surface area contributed by atoms with Gasteiger partial charge in [-0.3, -0.25) is 0 Å². The Morgan fingerprint density at radius 1 is 0.686 bits per heavy atom. The predicted molar refractivity (Wildman–Crippen MR) is 134 cm³/mol. The van der Waals surface area contributed by atoms with E-state index >= 15 is 0 Å². The van der Waals surface area contributed by atoms with Crippen molar-refractivity contribution in [3.63, 3.8) is 0 Å². The van der Waals surface area contributed by atoms with Gasteiger partial charge < -0.3 is 5.11 Å². The van der Waals surface area contributed by atoms with Crippen LogP contribution in [0.25, 0.3) is 12.2 Å². The van der Waals surface area contributed by atoms with Crippen molar-refractivity contribution in [2.75, 3.05) is 0 Å². The average molecular weight is 509 g/mol. The fourth-order valence-electron chi connectivity index (χ4n) is 4.12. The molecule has 0 bridgehead atoms. The van der Waals surface area contributed by atoms with Crippen molar-refractivity contribution >= 4 is 32.2 Å². The SMILES string of the molecule is Cc1ccc(S(=O)(=O)n2cc3c(c2)CC(O)c2cn(S(=O)(=O)c4ccc(C)cc4)cc2C=C3)cc1. The van der Waals surface area contributed by atoms with Crippen LogP contribution >= 0.6 is 0 Å². The fraction of sp³-hybridized carbons (Fsp3) is 0.154. The van der Waals surface area contributed by atoms with Gasteiger partial charge in [0, 0.05) is 36.8 Å². The first-order valence-corrected chi connectivity index (χ1v) is 13.9. The molecule has 0 saturated carbocycles. The zero-order valence-electron chi connectivity index (χ0n) is 19.2. The quantitative estimate of drug-likeness (QED) is 0.447. The molecular weight excluding hydrogens is 484 g/mol. The van der Waals surface area contributed by atoms with Gasteiger partial charge in [0.05, 0.1) is 15.9 Å². The molecule has 0 saturated heterocycles. The number of fused-ring (bicyclic) bond motifs is 2. The van der Waals surface area contributed by atoms with Gasteiger partial charge in [-0.1, -0.05) is 47.5 Å². The third kappa shape index (κ3) is 4.16. The van der Waals surface area contributed by atoms with Crippen LogP contribution in [0, 0.1) is 13.8 Å². The van der Waals surface area contributed by atoms with Crippen LogP contribution in [-0.4, -0.2) is 29.9 Å². The maximum Gasteiger partial charge on any atom is 0.267 e. The highest BCUT2D eigenvalue weighted by Crippen LogP contribution is 2.32. The predicted octanol–water partition coefficient (Wildman–Crippen LogP) is 4.14. The highest BCUT2D eigenvalue weighted by atomic mass is 32.2. The summed E-state index contributed by atoms with van der Waals surface area (Å²) >= 11 is 0. The lowest BCUT2D eigenvalue weighted by Gasteiger charge is -2.12. The average Bonchev–Trinajstić information content (AvgIpc) is 3.42. The molecule has 2 aromatic heterocycles. The number of benzene rings is 2. The van der Waals surface area contributed by atoms with E-state index in [2.05, 4.69) is 0 Å². The van der Waals surface area contributed by atoms with Crippen molar-refractivity contribution in [1.82, 2.24) is 7.94 Å². The summed E-state index contributed by atoms with van der Waals surface area (Å²) < 4.78 is 54.7. The minimum atomic E-state index is -3.82. The third-order valence-corrected chi connectivity index (χ3v) is 9.46. The molecule has 0 radical (unpaired) electrons. The first-order chi connectivity index (χ1) is 16.6. The van der Waals surface area contributed by atoms with Gasteiger partial charge in [-0.05, 0) is 54.8 Å². The molecule has 0 spiro atoms. The van der Waals surface area contributed by atoms with Crippen molar-refractivity contribution in [1.29, 1.82) is 0 Å². The van der Waals surface area contributed by atoms with Crippen LogP contribution in [0.15, 0.2) is 83.1 Å². The molecule has 35 heavy (non-hydrogen) atoms. The summed E-state index contributed by atoms with van der Waals surface area (Å²) in [6.45, 7) is 3.77. The van der Waals surface area contributed by atoms with Crippen molar-refractivity contribution in [2.24, 2.45) is 0 Å². The molecule has 2 aromatic carbocycles. The maximum absolute atomic E-state index is 13.1. The first kappa shape index (κ1) is 23.3. The molecule has 1 aliphatic rings. The molecule has 2 heterocycles. The number of nitrogens with zero attached hydrogens (tertiary/aromatic N) is 2. The summed E-state index contributed by atoms with van der Waals surface area (Å²) in [5, 5.41) is 11.0. The Kier molecular flexibility index (Phi) is 5.58. The lowest BCUT2D eigenvalue weighted by Crippen LogP contribution is -2.11. The summed E-state index contributed by atoms with van der Waals surface area (Å²) in [6, 6.07) is 13.2. The Bertz CT molecular complexity index is 1660. The molecular formula is C26H24N2O5S2. The second-order valence-corrected chi connectivity index (χ2v) is 12.4. The first-order valence-electron chi connectivity index (χ1n) is 11.0. The minimum Gasteiger partial charge on any atom is -0.388 e. The van der Waals surface area contributed by atoms with Gasteiger partial charge in [0.1, 0.15) is 0 Å². The second kappa shape index (κ2) is 8.37. The largest absolute Gasteiger partial charge is 0.388 e. The van der Waals surface area contributed by atoms with Gasteiger partial charge in [-0.25, -0.2) is 24.8 Å². The van der Waals surface area contributed by atoms with E-state index in [1.807, 2.05) is 13.8 Å². The van der Waals surface area contributed by atoms with Crippen LogP contribution in [0.1, 0.15) is 39.5 Å². The fourth-order valence-corrected chi connectivity index (χ4v) is 6.59. The van der Waals surface area contributed by atoms with E-state index in [0.717, 1.165) is 19.1 Å². The van der Waals surface area contributed by atoms with Crippen LogP contribution in [0.3, 0.4) is 0 Å². The number of rotatable bonds is 4. The molecule has 9 heteroatoms. The summed E-state index contributed by atoms with van der Waals surface area (Å²) in [5.74, 6) is 0. The van der Waals surface area contributed by atoms with Crippen molar-refractivity contribution in [3.8, 4) is 0 Å². The Balaban J connectivity index is 1.51. The summed E-state index contributed by atoms with van der Waals surface area (Å²) in [6.07, 6.45) is 8.46. The van der Waals surface area contributed by atoms with E-state index in [1.165, 1.54) is 24.8 Å². The van der Waals surface area contributed by atoms with Gasteiger partial charge >= 0.3 is 0 Å². The lowest BCUT2D eigenvalue weighted by atomic mass is 9.96. The smallest absolute Gasteiger partial charge is 0.267 e. The molecule has 180 valence electrons. The van der Waals surface area contributed by atoms with Crippen molar-refractivity contribution in [2.45, 2.75) is 36.2 Å². The standard InChI is InChI=1S/C26H24N2O5S2/c1-18-3-9-23(10-4-18)34(30,31)27-14-20-7-8-21-15-28(17-25(21)26(29)13-22(20)16-27)35(32,33)24-11-5-19(2)6-12-24/h3-12,14-17,26,29H,13H2,1-2H3. The molecule has 5 rings (SSSR count). The molecule has 1 unspecified atom stereocenters. The number of aryl methyl sites for hydroxylation is 2. The van der Waals surface area contributed by atoms with Crippen molar-refractivity contribution in [3.05, 3.63) is 107 Å². The highest BCUT2D eigenvalue weighted by Gasteiger charge is 2.25. The summed E-state index contributed by atoms with van der Waals surface area (Å²) in [7, 11) is -7.61. The molecule has 4 aromatic rings. The molecule has 1 atom stereocenters. The second-order valence-electron chi connectivity index (χ2n) is 8.76. The van der Waals surface area contributed by atoms with Crippen LogP contribution in [0.5, 0.6) is 0 Å². The Morgan fingerprint density at radius 2 is 1.14 bits per heavy atom. The van der Waals surface area contributed by atoms with E-state index < -0.39 is 26.2 Å². The normalized spacial score (nSPS) is 15.8. The topological polar surface area (TPSA) is 98.4 Å². The van der Waals surface area contributed by atoms with E-state index in [1.54, 1.807) is 60.7 Å². The molecule has 0 fully saturated rings. The van der Waals surface area contributed by atoms with Gasteiger partial charge in [-0.2, -0.15) is 0 Å². The number of hydrogen-bond acceptors (Lipinski definition) is 5. The zero-order chi connectivity index (χ0) is 25.0. The van der Waals surface area contributed by atoms with Gasteiger partial charge in [-0.15, -0.1) is 0 Å². The lowest BCUT2D eigenvalue weighted by molar-refractivity contribution is 0.178. The monoisotopic (exact) mass is 508 g/mol. The minimum absolute atomic E-state index is 0.137. The molecule has 7 nitrogen and oxygen atoms in total. The van der Waals surface area contributed by atoms with Gasteiger partial charge in [0.2, 0.25) is 0 Å². The van der Waals surface area contributed by atoms with Crippen LogP contribution < -0.4 is 0 Å². The van der Waals surface area contributed by atoms with E-state index in [9.17, 15) is 21.9 Å². The summed E-state index contributed by atoms with van der Waals surface area (Å²) in [4.78, 5) is 0.332.